The van der Waals surface area contributed by atoms with E-state index in [0.29, 0.717) is 10.2 Å². The molecule has 1 unspecified atom stereocenters. The lowest BCUT2D eigenvalue weighted by Gasteiger charge is -2.19. The molecule has 5 heteroatoms. The predicted molar refractivity (Wildman–Crippen MR) is 87.8 cm³/mol. The monoisotopic (exact) mass is 318 g/mol. The SMILES string of the molecule is NC1=NC(c2ccc(Cl)cc2)=CC(c2ccc(F)cc2)S1. The largest absolute Gasteiger partial charge is 0.378 e. The van der Waals surface area contributed by atoms with Gasteiger partial charge in [-0.05, 0) is 35.9 Å². The molecule has 3 rings (SSSR count). The van der Waals surface area contributed by atoms with E-state index in [4.69, 9.17) is 17.3 Å². The van der Waals surface area contributed by atoms with Gasteiger partial charge in [-0.2, -0.15) is 0 Å². The van der Waals surface area contributed by atoms with Crippen molar-refractivity contribution in [2.75, 3.05) is 0 Å². The highest BCUT2D eigenvalue weighted by molar-refractivity contribution is 8.14. The van der Waals surface area contributed by atoms with Gasteiger partial charge in [-0.15, -0.1) is 0 Å². The van der Waals surface area contributed by atoms with Crippen LogP contribution in [0.1, 0.15) is 16.4 Å². The average molecular weight is 319 g/mol. The number of nitrogens with two attached hydrogens (primary N) is 1. The van der Waals surface area contributed by atoms with Gasteiger partial charge in [0.05, 0.1) is 10.9 Å². The van der Waals surface area contributed by atoms with Crippen LogP contribution in [0, 0.1) is 5.82 Å². The maximum atomic E-state index is 13.0. The van der Waals surface area contributed by atoms with Crippen molar-refractivity contribution < 1.29 is 4.39 Å². The minimum absolute atomic E-state index is 0.0220. The van der Waals surface area contributed by atoms with Gasteiger partial charge in [0, 0.05) is 10.6 Å². The fraction of sp³-hybridized carbons (Fsp3) is 0.0625. The summed E-state index contributed by atoms with van der Waals surface area (Å²) >= 11 is 7.35. The maximum absolute atomic E-state index is 13.0. The number of aliphatic imine (C=N–C) groups is 1. The van der Waals surface area contributed by atoms with E-state index in [1.54, 1.807) is 12.1 Å². The molecular formula is C16H12ClFN2S. The van der Waals surface area contributed by atoms with E-state index in [1.807, 2.05) is 30.3 Å². The van der Waals surface area contributed by atoms with Crippen LogP contribution in [0.3, 0.4) is 0 Å². The van der Waals surface area contributed by atoms with Crippen molar-refractivity contribution in [3.05, 3.63) is 76.6 Å². The van der Waals surface area contributed by atoms with Gasteiger partial charge < -0.3 is 5.73 Å². The molecule has 1 heterocycles. The van der Waals surface area contributed by atoms with Crippen LogP contribution in [-0.2, 0) is 0 Å². The molecule has 0 bridgehead atoms. The first-order chi connectivity index (χ1) is 10.1. The fourth-order valence-electron chi connectivity index (χ4n) is 2.09. The van der Waals surface area contributed by atoms with E-state index >= 15 is 0 Å². The number of nitrogens with zero attached hydrogens (tertiary/aromatic N) is 1. The van der Waals surface area contributed by atoms with Crippen molar-refractivity contribution in [2.24, 2.45) is 10.7 Å². The van der Waals surface area contributed by atoms with Gasteiger partial charge in [0.2, 0.25) is 0 Å². The van der Waals surface area contributed by atoms with E-state index in [0.717, 1.165) is 16.8 Å². The highest BCUT2D eigenvalue weighted by Gasteiger charge is 2.18. The topological polar surface area (TPSA) is 38.4 Å². The van der Waals surface area contributed by atoms with E-state index in [2.05, 4.69) is 4.99 Å². The van der Waals surface area contributed by atoms with Gasteiger partial charge in [0.1, 0.15) is 5.82 Å². The molecule has 106 valence electrons. The summed E-state index contributed by atoms with van der Waals surface area (Å²) in [7, 11) is 0. The molecule has 0 amide bonds. The molecule has 0 fully saturated rings. The van der Waals surface area contributed by atoms with Gasteiger partial charge in [-0.3, -0.25) is 0 Å². The van der Waals surface area contributed by atoms with Gasteiger partial charge in [-0.25, -0.2) is 9.38 Å². The number of hydrogen-bond donors (Lipinski definition) is 1. The zero-order valence-electron chi connectivity index (χ0n) is 11.0. The Morgan fingerprint density at radius 3 is 2.38 bits per heavy atom. The van der Waals surface area contributed by atoms with Crippen LogP contribution in [0.5, 0.6) is 0 Å². The van der Waals surface area contributed by atoms with E-state index in [9.17, 15) is 4.39 Å². The quantitative estimate of drug-likeness (QED) is 0.877. The molecule has 0 saturated carbocycles. The molecule has 2 aromatic carbocycles. The Bertz CT molecular complexity index is 708. The molecule has 1 atom stereocenters. The number of halogens is 2. The number of rotatable bonds is 2. The summed E-state index contributed by atoms with van der Waals surface area (Å²) < 4.78 is 13.0. The minimum Gasteiger partial charge on any atom is -0.378 e. The Balaban J connectivity index is 1.95. The van der Waals surface area contributed by atoms with Crippen LogP contribution in [-0.4, -0.2) is 5.17 Å². The molecule has 1 aliphatic heterocycles. The van der Waals surface area contributed by atoms with E-state index < -0.39 is 0 Å². The second-order valence-electron chi connectivity index (χ2n) is 4.60. The van der Waals surface area contributed by atoms with Crippen LogP contribution in [0.2, 0.25) is 5.02 Å². The Hall–Kier alpha value is -1.78. The second-order valence-corrected chi connectivity index (χ2v) is 6.20. The lowest BCUT2D eigenvalue weighted by molar-refractivity contribution is 0.627. The normalized spacial score (nSPS) is 18.1. The highest BCUT2D eigenvalue weighted by Crippen LogP contribution is 2.37. The Morgan fingerprint density at radius 1 is 1.05 bits per heavy atom. The molecule has 2 N–H and O–H groups in total. The summed E-state index contributed by atoms with van der Waals surface area (Å²) in [5.74, 6) is -0.247. The van der Waals surface area contributed by atoms with Gasteiger partial charge in [-0.1, -0.05) is 47.6 Å². The molecule has 0 aromatic heterocycles. The predicted octanol–water partition coefficient (Wildman–Crippen LogP) is 4.62. The Labute approximate surface area is 131 Å². The van der Waals surface area contributed by atoms with Crippen molar-refractivity contribution in [3.8, 4) is 0 Å². The standard InChI is InChI=1S/C16H12ClFN2S/c17-12-5-1-10(2-6-12)14-9-15(21-16(19)20-14)11-3-7-13(18)8-4-11/h1-9,15H,(H2,19,20). The maximum Gasteiger partial charge on any atom is 0.160 e. The second kappa shape index (κ2) is 5.92. The molecule has 0 saturated heterocycles. The fourth-order valence-corrected chi connectivity index (χ4v) is 3.12. The first kappa shape index (κ1) is 14.2. The van der Waals surface area contributed by atoms with Gasteiger partial charge in [0.25, 0.3) is 0 Å². The summed E-state index contributed by atoms with van der Waals surface area (Å²) in [6, 6.07) is 13.9. The lowest BCUT2D eigenvalue weighted by Crippen LogP contribution is -2.12. The number of amidine groups is 1. The van der Waals surface area contributed by atoms with Crippen LogP contribution >= 0.6 is 23.4 Å². The Kier molecular flexibility index (Phi) is 3.99. The first-order valence-electron chi connectivity index (χ1n) is 6.36. The molecular weight excluding hydrogens is 307 g/mol. The summed E-state index contributed by atoms with van der Waals surface area (Å²) in [6.07, 6.45) is 2.03. The molecule has 1 aliphatic rings. The van der Waals surface area contributed by atoms with Crippen LogP contribution < -0.4 is 5.73 Å². The number of benzene rings is 2. The lowest BCUT2D eigenvalue weighted by atomic mass is 10.1. The van der Waals surface area contributed by atoms with E-state index in [1.165, 1.54) is 23.9 Å². The van der Waals surface area contributed by atoms with Crippen LogP contribution in [0.25, 0.3) is 5.70 Å². The van der Waals surface area contributed by atoms with Crippen molar-refractivity contribution in [2.45, 2.75) is 5.25 Å². The smallest absolute Gasteiger partial charge is 0.160 e. The van der Waals surface area contributed by atoms with Crippen LogP contribution in [0.4, 0.5) is 4.39 Å². The van der Waals surface area contributed by atoms with E-state index in [-0.39, 0.29) is 11.1 Å². The number of hydrogen-bond acceptors (Lipinski definition) is 3. The molecule has 0 aliphatic carbocycles. The summed E-state index contributed by atoms with van der Waals surface area (Å²) in [5, 5.41) is 1.20. The minimum atomic E-state index is -0.247. The summed E-state index contributed by atoms with van der Waals surface area (Å²) in [4.78, 5) is 4.38. The van der Waals surface area contributed by atoms with Crippen molar-refractivity contribution in [3.63, 3.8) is 0 Å². The molecule has 0 spiro atoms. The van der Waals surface area contributed by atoms with Crippen molar-refractivity contribution in [1.29, 1.82) is 0 Å². The van der Waals surface area contributed by atoms with Gasteiger partial charge in [0.15, 0.2) is 5.17 Å². The third-order valence-corrected chi connectivity index (χ3v) is 4.37. The summed E-state index contributed by atoms with van der Waals surface area (Å²) in [6.45, 7) is 0. The zero-order valence-corrected chi connectivity index (χ0v) is 12.5. The molecule has 2 aromatic rings. The zero-order chi connectivity index (χ0) is 14.8. The Morgan fingerprint density at radius 2 is 1.71 bits per heavy atom. The molecule has 2 nitrogen and oxygen atoms in total. The highest BCUT2D eigenvalue weighted by atomic mass is 35.5. The van der Waals surface area contributed by atoms with Crippen LogP contribution in [0.15, 0.2) is 59.6 Å². The van der Waals surface area contributed by atoms with Crippen molar-refractivity contribution in [1.82, 2.24) is 0 Å². The van der Waals surface area contributed by atoms with Gasteiger partial charge >= 0.3 is 0 Å². The van der Waals surface area contributed by atoms with Crippen molar-refractivity contribution >= 4 is 34.2 Å². The average Bonchev–Trinajstić information content (AvgIpc) is 2.48. The third-order valence-electron chi connectivity index (χ3n) is 3.13. The summed E-state index contributed by atoms with van der Waals surface area (Å²) in [5.41, 5.74) is 8.67. The first-order valence-corrected chi connectivity index (χ1v) is 7.61. The molecule has 0 radical (unpaired) electrons. The molecule has 21 heavy (non-hydrogen) atoms. The third kappa shape index (κ3) is 3.28. The number of thioether (sulfide) groups is 1.